The van der Waals surface area contributed by atoms with Crippen LogP contribution in [0.25, 0.3) is 33.1 Å². The Morgan fingerprint density at radius 3 is 2.32 bits per heavy atom. The Hall–Kier alpha value is -4.49. The Morgan fingerprint density at radius 1 is 0.811 bits per heavy atom. The summed E-state index contributed by atoms with van der Waals surface area (Å²) in [6.45, 7) is 0.599. The van der Waals surface area contributed by atoms with Gasteiger partial charge >= 0.3 is 5.69 Å². The first kappa shape index (κ1) is 22.9. The lowest BCUT2D eigenvalue weighted by Crippen LogP contribution is -2.38. The molecular formula is C29H22ClN5O2. The number of rotatable bonds is 5. The molecule has 6 aromatic rings. The molecular weight excluding hydrogens is 486 g/mol. The van der Waals surface area contributed by atoms with Crippen LogP contribution in [0, 0.1) is 0 Å². The molecule has 0 aliphatic rings. The van der Waals surface area contributed by atoms with Gasteiger partial charge in [-0.3, -0.25) is 23.6 Å². The van der Waals surface area contributed by atoms with Crippen molar-refractivity contribution in [1.82, 2.24) is 23.9 Å². The number of halogens is 1. The van der Waals surface area contributed by atoms with Crippen molar-refractivity contribution >= 4 is 33.4 Å². The van der Waals surface area contributed by atoms with E-state index in [1.54, 1.807) is 18.5 Å². The highest BCUT2D eigenvalue weighted by molar-refractivity contribution is 6.31. The van der Waals surface area contributed by atoms with Crippen LogP contribution in [0.2, 0.25) is 5.02 Å². The van der Waals surface area contributed by atoms with Crippen molar-refractivity contribution in [3.05, 3.63) is 128 Å². The molecule has 0 spiro atoms. The van der Waals surface area contributed by atoms with Crippen LogP contribution in [-0.2, 0) is 20.1 Å². The molecule has 0 saturated heterocycles. The van der Waals surface area contributed by atoms with Gasteiger partial charge in [-0.25, -0.2) is 4.79 Å². The summed E-state index contributed by atoms with van der Waals surface area (Å²) in [4.78, 5) is 31.0. The van der Waals surface area contributed by atoms with Crippen molar-refractivity contribution in [3.8, 4) is 11.3 Å². The molecule has 3 aromatic carbocycles. The maximum Gasteiger partial charge on any atom is 0.332 e. The molecule has 0 atom stereocenters. The van der Waals surface area contributed by atoms with Gasteiger partial charge in [0.15, 0.2) is 5.65 Å². The number of fused-ring (bicyclic) bond motifs is 2. The molecule has 3 aromatic heterocycles. The van der Waals surface area contributed by atoms with Crippen molar-refractivity contribution in [2.24, 2.45) is 7.05 Å². The van der Waals surface area contributed by atoms with Crippen LogP contribution < -0.4 is 11.2 Å². The lowest BCUT2D eigenvalue weighted by molar-refractivity contribution is 0.652. The third-order valence-corrected chi connectivity index (χ3v) is 7.03. The molecule has 0 radical (unpaired) electrons. The third kappa shape index (κ3) is 3.93. The van der Waals surface area contributed by atoms with Gasteiger partial charge in [0.25, 0.3) is 5.56 Å². The fourth-order valence-electron chi connectivity index (χ4n) is 4.81. The van der Waals surface area contributed by atoms with Crippen molar-refractivity contribution in [3.63, 3.8) is 0 Å². The first-order valence-electron chi connectivity index (χ1n) is 11.8. The van der Waals surface area contributed by atoms with Gasteiger partial charge in [-0.05, 0) is 40.1 Å². The second-order valence-corrected chi connectivity index (χ2v) is 9.31. The summed E-state index contributed by atoms with van der Waals surface area (Å²) < 4.78 is 4.46. The molecule has 37 heavy (non-hydrogen) atoms. The van der Waals surface area contributed by atoms with E-state index in [1.165, 1.54) is 11.6 Å². The van der Waals surface area contributed by atoms with Gasteiger partial charge in [0.1, 0.15) is 5.39 Å². The zero-order valence-corrected chi connectivity index (χ0v) is 20.8. The van der Waals surface area contributed by atoms with Gasteiger partial charge in [0.05, 0.1) is 18.8 Å². The van der Waals surface area contributed by atoms with Gasteiger partial charge in [0.2, 0.25) is 0 Å². The molecule has 0 saturated carbocycles. The lowest BCUT2D eigenvalue weighted by atomic mass is 10.0. The molecule has 0 N–H and O–H groups in total. The summed E-state index contributed by atoms with van der Waals surface area (Å²) in [5, 5.41) is 8.02. The highest BCUT2D eigenvalue weighted by Crippen LogP contribution is 2.29. The third-order valence-electron chi connectivity index (χ3n) is 6.67. The van der Waals surface area contributed by atoms with E-state index >= 15 is 0 Å². The number of hydrogen-bond donors (Lipinski definition) is 0. The molecule has 0 fully saturated rings. The summed E-state index contributed by atoms with van der Waals surface area (Å²) in [6.07, 6.45) is 3.36. The summed E-state index contributed by atoms with van der Waals surface area (Å²) in [5.74, 6) is 0. The van der Waals surface area contributed by atoms with Crippen LogP contribution in [0.15, 0.2) is 101 Å². The minimum Gasteiger partial charge on any atom is -0.271 e. The number of aromatic nitrogens is 5. The van der Waals surface area contributed by atoms with Gasteiger partial charge < -0.3 is 0 Å². The van der Waals surface area contributed by atoms with E-state index < -0.39 is 11.2 Å². The monoisotopic (exact) mass is 507 g/mol. The molecule has 182 valence electrons. The molecule has 0 aliphatic carbocycles. The number of hydrogen-bond acceptors (Lipinski definition) is 4. The fraction of sp³-hybridized carbons (Fsp3) is 0.103. The Balaban J connectivity index is 1.65. The molecule has 0 unspecified atom stereocenters. The highest BCUT2D eigenvalue weighted by Gasteiger charge is 2.23. The topological polar surface area (TPSA) is 74.7 Å². The molecule has 0 bridgehead atoms. The average Bonchev–Trinajstić information content (AvgIpc) is 3.30. The predicted molar refractivity (Wildman–Crippen MR) is 146 cm³/mol. The van der Waals surface area contributed by atoms with E-state index in [4.69, 9.17) is 16.7 Å². The van der Waals surface area contributed by atoms with E-state index in [-0.39, 0.29) is 6.54 Å². The zero-order chi connectivity index (χ0) is 25.5. The van der Waals surface area contributed by atoms with Crippen molar-refractivity contribution in [2.45, 2.75) is 13.1 Å². The minimum absolute atomic E-state index is 0.185. The van der Waals surface area contributed by atoms with Crippen LogP contribution in [-0.4, -0.2) is 23.9 Å². The zero-order valence-electron chi connectivity index (χ0n) is 20.0. The predicted octanol–water partition coefficient (Wildman–Crippen LogP) is 4.86. The standard InChI is InChI=1S/C29H22ClN5O2/c1-33-28(36)25-26(20-13-15-31-16-14-20)35(18-21-10-6-9-19-7-2-4-11-23(19)21)32-27(25)34(29(33)37)17-22-8-3-5-12-24(22)30/h2-16H,17-18H2,1H3. The van der Waals surface area contributed by atoms with E-state index in [9.17, 15) is 9.59 Å². The van der Waals surface area contributed by atoms with Crippen LogP contribution in [0.4, 0.5) is 0 Å². The van der Waals surface area contributed by atoms with Crippen LogP contribution in [0.3, 0.4) is 0 Å². The van der Waals surface area contributed by atoms with Gasteiger partial charge in [0, 0.05) is 30.0 Å². The molecule has 0 amide bonds. The average molecular weight is 508 g/mol. The normalized spacial score (nSPS) is 11.4. The summed E-state index contributed by atoms with van der Waals surface area (Å²) in [5.41, 5.74) is 2.72. The van der Waals surface area contributed by atoms with E-state index in [2.05, 4.69) is 29.2 Å². The first-order chi connectivity index (χ1) is 18.0. The molecule has 8 heteroatoms. The lowest BCUT2D eigenvalue weighted by Gasteiger charge is -2.11. The molecule has 7 nitrogen and oxygen atoms in total. The van der Waals surface area contributed by atoms with E-state index in [0.29, 0.717) is 28.3 Å². The Morgan fingerprint density at radius 2 is 1.51 bits per heavy atom. The first-order valence-corrected chi connectivity index (χ1v) is 12.2. The van der Waals surface area contributed by atoms with Crippen LogP contribution >= 0.6 is 11.6 Å². The SMILES string of the molecule is Cn1c(=O)c2c(-c3ccncc3)n(Cc3cccc4ccccc34)nc2n(Cc2ccccc2Cl)c1=O. The summed E-state index contributed by atoms with van der Waals surface area (Å²) in [6, 6.07) is 25.3. The minimum atomic E-state index is -0.450. The van der Waals surface area contributed by atoms with Gasteiger partial charge in [-0.1, -0.05) is 72.3 Å². The highest BCUT2D eigenvalue weighted by atomic mass is 35.5. The quantitative estimate of drug-likeness (QED) is 0.334. The largest absolute Gasteiger partial charge is 0.332 e. The Bertz CT molecular complexity index is 1900. The number of benzene rings is 3. The number of pyridine rings is 1. The van der Waals surface area contributed by atoms with Crippen LogP contribution in [0.5, 0.6) is 0 Å². The van der Waals surface area contributed by atoms with Crippen molar-refractivity contribution < 1.29 is 0 Å². The van der Waals surface area contributed by atoms with Crippen molar-refractivity contribution in [2.75, 3.05) is 0 Å². The maximum absolute atomic E-state index is 13.5. The van der Waals surface area contributed by atoms with E-state index in [1.807, 2.05) is 53.2 Å². The van der Waals surface area contributed by atoms with Gasteiger partial charge in [-0.2, -0.15) is 5.10 Å². The van der Waals surface area contributed by atoms with Crippen molar-refractivity contribution in [1.29, 1.82) is 0 Å². The smallest absolute Gasteiger partial charge is 0.271 e. The second-order valence-electron chi connectivity index (χ2n) is 8.90. The Kier molecular flexibility index (Phi) is 5.70. The summed E-state index contributed by atoms with van der Waals surface area (Å²) >= 11 is 6.43. The van der Waals surface area contributed by atoms with Crippen LogP contribution in [0.1, 0.15) is 11.1 Å². The van der Waals surface area contributed by atoms with Gasteiger partial charge in [-0.15, -0.1) is 0 Å². The summed E-state index contributed by atoms with van der Waals surface area (Å²) in [7, 11) is 1.49. The maximum atomic E-state index is 13.5. The Labute approximate surface area is 216 Å². The second kappa shape index (κ2) is 9.19. The molecule has 3 heterocycles. The number of nitrogens with zero attached hydrogens (tertiary/aromatic N) is 5. The molecule has 0 aliphatic heterocycles. The fourth-order valence-corrected chi connectivity index (χ4v) is 5.01. The van der Waals surface area contributed by atoms with E-state index in [0.717, 1.165) is 32.0 Å². The molecule has 6 rings (SSSR count).